The molecule has 0 unspecified atom stereocenters. The summed E-state index contributed by atoms with van der Waals surface area (Å²) in [6, 6.07) is 75.7. The summed E-state index contributed by atoms with van der Waals surface area (Å²) in [4.78, 5) is 2.46. The Bertz CT molecular complexity index is 3110. The van der Waals surface area contributed by atoms with Crippen LogP contribution in [0.2, 0.25) is 0 Å². The Hall–Kier alpha value is -7.16. The zero-order chi connectivity index (χ0) is 38.1. The van der Waals surface area contributed by atoms with Gasteiger partial charge < -0.3 is 9.47 Å². The molecule has 9 aromatic carbocycles. The van der Waals surface area contributed by atoms with Crippen LogP contribution in [0, 0.1) is 0 Å². The second-order valence-electron chi connectivity index (χ2n) is 15.8. The van der Waals surface area contributed by atoms with Crippen molar-refractivity contribution in [2.24, 2.45) is 0 Å². The number of anilines is 3. The molecule has 1 heterocycles. The van der Waals surface area contributed by atoms with Crippen molar-refractivity contribution < 1.29 is 0 Å². The van der Waals surface area contributed by atoms with Crippen LogP contribution in [0.5, 0.6) is 0 Å². The van der Waals surface area contributed by atoms with Gasteiger partial charge >= 0.3 is 0 Å². The van der Waals surface area contributed by atoms with Crippen molar-refractivity contribution in [2.75, 3.05) is 4.90 Å². The van der Waals surface area contributed by atoms with Gasteiger partial charge in [0.2, 0.25) is 0 Å². The van der Waals surface area contributed by atoms with Crippen molar-refractivity contribution in [1.29, 1.82) is 0 Å². The molecule has 0 N–H and O–H groups in total. The monoisotopic (exact) mass is 728 g/mol. The molecule has 11 rings (SSSR count). The highest BCUT2D eigenvalue weighted by Gasteiger charge is 2.37. The minimum Gasteiger partial charge on any atom is -0.310 e. The lowest BCUT2D eigenvalue weighted by Crippen LogP contribution is -2.16. The first-order valence-corrected chi connectivity index (χ1v) is 19.9. The third-order valence-electron chi connectivity index (χ3n) is 12.2. The van der Waals surface area contributed by atoms with E-state index in [9.17, 15) is 0 Å². The maximum absolute atomic E-state index is 2.46. The predicted molar refractivity (Wildman–Crippen MR) is 241 cm³/mol. The standard InChI is InChI=1S/C55H40N2/c1-55(2)48-23-9-5-22-47(48)54-49(55)24-14-28-53(54)56(43-18-13-17-40(36-43)41-30-29-37-15-3-4-16-39(37)35-41)42-33-31-38(32-34-42)44-19-6-10-25-50(44)57-51-26-11-7-20-45(51)46-21-8-12-27-52(46)57/h3-36H,1-2H3. The van der Waals surface area contributed by atoms with Crippen LogP contribution in [0.25, 0.3) is 71.6 Å². The van der Waals surface area contributed by atoms with Gasteiger partial charge in [-0.05, 0) is 98.8 Å². The molecular weight excluding hydrogens is 689 g/mol. The van der Waals surface area contributed by atoms with E-state index in [1.807, 2.05) is 0 Å². The number of hydrogen-bond acceptors (Lipinski definition) is 1. The lowest BCUT2D eigenvalue weighted by atomic mass is 9.82. The molecule has 1 aliphatic carbocycles. The van der Waals surface area contributed by atoms with Crippen LogP contribution in [0.4, 0.5) is 17.1 Å². The highest BCUT2D eigenvalue weighted by Crippen LogP contribution is 2.54. The van der Waals surface area contributed by atoms with E-state index in [-0.39, 0.29) is 5.41 Å². The van der Waals surface area contributed by atoms with Gasteiger partial charge in [0.1, 0.15) is 0 Å². The van der Waals surface area contributed by atoms with Crippen LogP contribution < -0.4 is 4.90 Å². The Morgan fingerprint density at radius 2 is 1.00 bits per heavy atom. The zero-order valence-corrected chi connectivity index (χ0v) is 32.0. The summed E-state index contributed by atoms with van der Waals surface area (Å²) in [6.45, 7) is 4.71. The van der Waals surface area contributed by atoms with Crippen LogP contribution in [0.3, 0.4) is 0 Å². The first-order chi connectivity index (χ1) is 28.0. The topological polar surface area (TPSA) is 8.17 Å². The van der Waals surface area contributed by atoms with Crippen molar-refractivity contribution in [3.8, 4) is 39.1 Å². The number of nitrogens with zero attached hydrogens (tertiary/aromatic N) is 2. The number of hydrogen-bond donors (Lipinski definition) is 0. The largest absolute Gasteiger partial charge is 0.310 e. The Labute approximate surface area is 333 Å². The molecule has 270 valence electrons. The molecular formula is C55H40N2. The number of fused-ring (bicyclic) bond motifs is 7. The molecule has 0 radical (unpaired) electrons. The highest BCUT2D eigenvalue weighted by molar-refractivity contribution is 6.09. The van der Waals surface area contributed by atoms with E-state index in [4.69, 9.17) is 0 Å². The SMILES string of the molecule is CC1(C)c2ccccc2-c2c(N(c3ccc(-c4ccccc4-n4c5ccccc5c5ccccc54)cc3)c3cccc(-c4ccc5ccccc5c4)c3)cccc21. The average Bonchev–Trinajstić information content (AvgIpc) is 3.73. The van der Waals surface area contributed by atoms with E-state index in [2.05, 4.69) is 230 Å². The van der Waals surface area contributed by atoms with E-state index in [1.165, 1.54) is 88.5 Å². The normalized spacial score (nSPS) is 12.9. The smallest absolute Gasteiger partial charge is 0.0543 e. The Morgan fingerprint density at radius 1 is 0.404 bits per heavy atom. The Balaban J connectivity index is 1.08. The minimum absolute atomic E-state index is 0.110. The fraction of sp³-hybridized carbons (Fsp3) is 0.0545. The summed E-state index contributed by atoms with van der Waals surface area (Å²) in [6.07, 6.45) is 0. The van der Waals surface area contributed by atoms with Gasteiger partial charge in [0.05, 0.1) is 22.4 Å². The van der Waals surface area contributed by atoms with Crippen molar-refractivity contribution >= 4 is 49.6 Å². The highest BCUT2D eigenvalue weighted by atomic mass is 15.1. The second kappa shape index (κ2) is 13.0. The van der Waals surface area contributed by atoms with Crippen molar-refractivity contribution in [1.82, 2.24) is 4.57 Å². The Kier molecular flexibility index (Phi) is 7.55. The van der Waals surface area contributed by atoms with Gasteiger partial charge in [-0.15, -0.1) is 0 Å². The lowest BCUT2D eigenvalue weighted by Gasteiger charge is -2.29. The van der Waals surface area contributed by atoms with Gasteiger partial charge in [-0.1, -0.05) is 166 Å². The molecule has 2 nitrogen and oxygen atoms in total. The second-order valence-corrected chi connectivity index (χ2v) is 15.8. The maximum Gasteiger partial charge on any atom is 0.0543 e. The third-order valence-corrected chi connectivity index (χ3v) is 12.2. The van der Waals surface area contributed by atoms with Crippen molar-refractivity contribution in [2.45, 2.75) is 19.3 Å². The van der Waals surface area contributed by atoms with Crippen LogP contribution in [-0.4, -0.2) is 4.57 Å². The van der Waals surface area contributed by atoms with E-state index in [0.29, 0.717) is 0 Å². The first kappa shape index (κ1) is 33.2. The summed E-state index contributed by atoms with van der Waals surface area (Å²) >= 11 is 0. The van der Waals surface area contributed by atoms with Gasteiger partial charge in [0.15, 0.2) is 0 Å². The molecule has 2 heteroatoms. The van der Waals surface area contributed by atoms with Crippen molar-refractivity contribution in [3.63, 3.8) is 0 Å². The molecule has 0 atom stereocenters. The maximum atomic E-state index is 2.46. The van der Waals surface area contributed by atoms with Crippen LogP contribution >= 0.6 is 0 Å². The van der Waals surface area contributed by atoms with Gasteiger partial charge in [-0.2, -0.15) is 0 Å². The molecule has 0 fully saturated rings. The molecule has 0 saturated heterocycles. The summed E-state index contributed by atoms with van der Waals surface area (Å²) < 4.78 is 2.42. The summed E-state index contributed by atoms with van der Waals surface area (Å²) in [5, 5.41) is 5.02. The number of rotatable bonds is 6. The van der Waals surface area contributed by atoms with Gasteiger partial charge in [-0.3, -0.25) is 0 Å². The summed E-state index contributed by atoms with van der Waals surface area (Å²) in [5.74, 6) is 0. The van der Waals surface area contributed by atoms with Gasteiger partial charge in [0, 0.05) is 38.7 Å². The fourth-order valence-electron chi connectivity index (χ4n) is 9.43. The quantitative estimate of drug-likeness (QED) is 0.165. The molecule has 1 aromatic heterocycles. The first-order valence-electron chi connectivity index (χ1n) is 19.9. The molecule has 10 aromatic rings. The summed E-state index contributed by atoms with van der Waals surface area (Å²) in [7, 11) is 0. The number of para-hydroxylation sites is 3. The predicted octanol–water partition coefficient (Wildman–Crippen LogP) is 15.0. The molecule has 1 aliphatic rings. The van der Waals surface area contributed by atoms with Gasteiger partial charge in [0.25, 0.3) is 0 Å². The van der Waals surface area contributed by atoms with E-state index in [0.717, 1.165) is 11.4 Å². The Morgan fingerprint density at radius 3 is 1.79 bits per heavy atom. The number of benzene rings is 9. The average molecular weight is 729 g/mol. The van der Waals surface area contributed by atoms with E-state index < -0.39 is 0 Å². The molecule has 0 bridgehead atoms. The van der Waals surface area contributed by atoms with Crippen LogP contribution in [0.1, 0.15) is 25.0 Å². The molecule has 57 heavy (non-hydrogen) atoms. The van der Waals surface area contributed by atoms with E-state index in [1.54, 1.807) is 0 Å². The fourth-order valence-corrected chi connectivity index (χ4v) is 9.43. The van der Waals surface area contributed by atoms with Crippen molar-refractivity contribution in [3.05, 3.63) is 217 Å². The molecule has 0 spiro atoms. The van der Waals surface area contributed by atoms with Gasteiger partial charge in [-0.25, -0.2) is 0 Å². The van der Waals surface area contributed by atoms with Crippen LogP contribution in [0.15, 0.2) is 206 Å². The zero-order valence-electron chi connectivity index (χ0n) is 32.0. The molecule has 0 aliphatic heterocycles. The lowest BCUT2D eigenvalue weighted by molar-refractivity contribution is 0.660. The molecule has 0 saturated carbocycles. The van der Waals surface area contributed by atoms with Crippen LogP contribution in [-0.2, 0) is 5.41 Å². The third kappa shape index (κ3) is 5.25. The minimum atomic E-state index is -0.110. The summed E-state index contributed by atoms with van der Waals surface area (Å²) in [5.41, 5.74) is 17.0. The number of aromatic nitrogens is 1. The molecule has 0 amide bonds. The van der Waals surface area contributed by atoms with E-state index >= 15 is 0 Å².